The van der Waals surface area contributed by atoms with E-state index in [0.29, 0.717) is 15.0 Å². The summed E-state index contributed by atoms with van der Waals surface area (Å²) in [6, 6.07) is 9.89. The molecule has 3 rings (SSSR count). The lowest BCUT2D eigenvalue weighted by Crippen LogP contribution is -2.16. The van der Waals surface area contributed by atoms with Crippen molar-refractivity contribution in [3.8, 4) is 12.3 Å². The topological polar surface area (TPSA) is 68.5 Å². The van der Waals surface area contributed by atoms with Crippen molar-refractivity contribution in [2.45, 2.75) is 11.4 Å². The van der Waals surface area contributed by atoms with Crippen molar-refractivity contribution < 1.29 is 17.6 Å². The number of terminal acetylenes is 1. The summed E-state index contributed by atoms with van der Waals surface area (Å²) in [4.78, 5) is 16.9. The summed E-state index contributed by atoms with van der Waals surface area (Å²) in [5.41, 5.74) is 0.814. The Bertz CT molecular complexity index is 1230. The molecule has 132 valence electrons. The highest BCUT2D eigenvalue weighted by molar-refractivity contribution is 7.90. The Hall–Kier alpha value is -2.76. The van der Waals surface area contributed by atoms with E-state index in [-0.39, 0.29) is 17.0 Å². The zero-order chi connectivity index (χ0) is 18.9. The number of hydrogen-bond donors (Lipinski definition) is 0. The van der Waals surface area contributed by atoms with E-state index in [1.54, 1.807) is 10.6 Å². The third kappa shape index (κ3) is 3.59. The molecule has 5 nitrogen and oxygen atoms in total. The molecule has 0 atom stereocenters. The lowest BCUT2D eigenvalue weighted by Gasteiger charge is -2.01. The Morgan fingerprint density at radius 2 is 2.08 bits per heavy atom. The normalized spacial score (nSPS) is 12.3. The van der Waals surface area contributed by atoms with Crippen molar-refractivity contribution >= 4 is 37.3 Å². The van der Waals surface area contributed by atoms with Gasteiger partial charge in [-0.2, -0.15) is 4.99 Å². The molecule has 0 fully saturated rings. The fourth-order valence-corrected chi connectivity index (χ4v) is 4.11. The Balaban J connectivity index is 2.14. The smallest absolute Gasteiger partial charge is 0.279 e. The van der Waals surface area contributed by atoms with Gasteiger partial charge in [0.25, 0.3) is 5.91 Å². The van der Waals surface area contributed by atoms with Gasteiger partial charge in [0.2, 0.25) is 0 Å². The maximum atomic E-state index is 13.4. The lowest BCUT2D eigenvalue weighted by atomic mass is 10.2. The molecule has 8 heteroatoms. The maximum Gasteiger partial charge on any atom is 0.279 e. The summed E-state index contributed by atoms with van der Waals surface area (Å²) >= 11 is 1.13. The number of benzene rings is 2. The molecule has 1 amide bonds. The number of hydrogen-bond acceptors (Lipinski definition) is 4. The van der Waals surface area contributed by atoms with E-state index in [1.807, 2.05) is 0 Å². The SMILES string of the molecule is C#CCn1c(=NC(=O)c2cccc(S(C)(=O)=O)c2)sc2cc(F)ccc21. The largest absolute Gasteiger partial charge is 0.305 e. The summed E-state index contributed by atoms with van der Waals surface area (Å²) < 4.78 is 39.0. The highest BCUT2D eigenvalue weighted by atomic mass is 32.2. The summed E-state index contributed by atoms with van der Waals surface area (Å²) in [7, 11) is -3.44. The number of fused-ring (bicyclic) bond motifs is 1. The molecule has 3 aromatic rings. The fourth-order valence-electron chi connectivity index (χ4n) is 2.39. The van der Waals surface area contributed by atoms with E-state index in [9.17, 15) is 17.6 Å². The summed E-state index contributed by atoms with van der Waals surface area (Å²) in [6.45, 7) is 0.168. The average Bonchev–Trinajstić information content (AvgIpc) is 2.91. The molecule has 0 aliphatic rings. The van der Waals surface area contributed by atoms with Gasteiger partial charge in [-0.25, -0.2) is 12.8 Å². The van der Waals surface area contributed by atoms with Crippen molar-refractivity contribution in [3.05, 3.63) is 58.6 Å². The standard InChI is InChI=1S/C18H13FN2O3S2/c1-3-9-21-15-8-7-13(19)11-16(15)25-18(21)20-17(22)12-5-4-6-14(10-12)26(2,23)24/h1,4-8,10-11H,9H2,2H3. The second kappa shape index (κ2) is 6.86. The van der Waals surface area contributed by atoms with Crippen LogP contribution in [0.25, 0.3) is 10.2 Å². The highest BCUT2D eigenvalue weighted by Gasteiger charge is 2.13. The first-order valence-corrected chi connectivity index (χ1v) is 10.1. The van der Waals surface area contributed by atoms with Gasteiger partial charge in [-0.3, -0.25) is 4.79 Å². The zero-order valence-electron chi connectivity index (χ0n) is 13.6. The predicted octanol–water partition coefficient (Wildman–Crippen LogP) is 2.62. The molecule has 26 heavy (non-hydrogen) atoms. The quantitative estimate of drug-likeness (QED) is 0.648. The van der Waals surface area contributed by atoms with Crippen LogP contribution in [0.2, 0.25) is 0 Å². The van der Waals surface area contributed by atoms with Crippen molar-refractivity contribution in [2.24, 2.45) is 4.99 Å². The van der Waals surface area contributed by atoms with Crippen LogP contribution in [0.3, 0.4) is 0 Å². The predicted molar refractivity (Wildman–Crippen MR) is 98.1 cm³/mol. The molecule has 0 spiro atoms. The van der Waals surface area contributed by atoms with Crippen LogP contribution in [0.5, 0.6) is 0 Å². The second-order valence-electron chi connectivity index (χ2n) is 5.50. The number of aromatic nitrogens is 1. The first-order valence-electron chi connectivity index (χ1n) is 7.41. The van der Waals surface area contributed by atoms with Gasteiger partial charge in [0.05, 0.1) is 21.7 Å². The molecule has 0 aliphatic heterocycles. The van der Waals surface area contributed by atoms with E-state index >= 15 is 0 Å². The number of carbonyl (C=O) groups is 1. The van der Waals surface area contributed by atoms with Crippen LogP contribution in [0.1, 0.15) is 10.4 Å². The first-order chi connectivity index (χ1) is 12.3. The highest BCUT2D eigenvalue weighted by Crippen LogP contribution is 2.19. The van der Waals surface area contributed by atoms with E-state index < -0.39 is 21.6 Å². The minimum Gasteiger partial charge on any atom is -0.305 e. The third-order valence-corrected chi connectivity index (χ3v) is 5.75. The first kappa shape index (κ1) is 18.0. The molecule has 0 bridgehead atoms. The van der Waals surface area contributed by atoms with Crippen LogP contribution in [0.15, 0.2) is 52.4 Å². The fraction of sp³-hybridized carbons (Fsp3) is 0.111. The van der Waals surface area contributed by atoms with E-state index in [2.05, 4.69) is 10.9 Å². The van der Waals surface area contributed by atoms with Gasteiger partial charge in [0, 0.05) is 11.8 Å². The van der Waals surface area contributed by atoms with Gasteiger partial charge in [-0.05, 0) is 36.4 Å². The number of rotatable bonds is 3. The van der Waals surface area contributed by atoms with Crippen LogP contribution in [0.4, 0.5) is 4.39 Å². The maximum absolute atomic E-state index is 13.4. The van der Waals surface area contributed by atoms with Crippen molar-refractivity contribution in [3.63, 3.8) is 0 Å². The summed E-state index contributed by atoms with van der Waals surface area (Å²) in [5, 5.41) is 0. The van der Waals surface area contributed by atoms with Crippen molar-refractivity contribution in [1.82, 2.24) is 4.57 Å². The van der Waals surface area contributed by atoms with Crippen LogP contribution in [0, 0.1) is 18.2 Å². The number of thiazole rings is 1. The van der Waals surface area contributed by atoms with Gasteiger partial charge >= 0.3 is 0 Å². The number of carbonyl (C=O) groups excluding carboxylic acids is 1. The van der Waals surface area contributed by atoms with Crippen molar-refractivity contribution in [1.29, 1.82) is 0 Å². The molecule has 0 saturated carbocycles. The molecule has 1 heterocycles. The number of sulfone groups is 1. The Labute approximate surface area is 153 Å². The van der Waals surface area contributed by atoms with E-state index in [1.165, 1.54) is 36.4 Å². The third-order valence-electron chi connectivity index (χ3n) is 3.60. The minimum absolute atomic E-state index is 0.0356. The van der Waals surface area contributed by atoms with Gasteiger partial charge in [-0.1, -0.05) is 23.3 Å². The molecule has 2 aromatic carbocycles. The minimum atomic E-state index is -3.44. The van der Waals surface area contributed by atoms with Crippen molar-refractivity contribution in [2.75, 3.05) is 6.26 Å². The molecular weight excluding hydrogens is 375 g/mol. The Morgan fingerprint density at radius 3 is 2.77 bits per heavy atom. The number of amides is 1. The van der Waals surface area contributed by atoms with E-state index in [4.69, 9.17) is 6.42 Å². The Kier molecular flexibility index (Phi) is 4.76. The number of nitrogens with zero attached hydrogens (tertiary/aromatic N) is 2. The monoisotopic (exact) mass is 388 g/mol. The molecular formula is C18H13FN2O3S2. The van der Waals surface area contributed by atoms with Crippen LogP contribution < -0.4 is 4.80 Å². The zero-order valence-corrected chi connectivity index (χ0v) is 15.3. The molecule has 0 radical (unpaired) electrons. The molecule has 1 aromatic heterocycles. The van der Waals surface area contributed by atoms with Gasteiger partial charge in [0.1, 0.15) is 5.82 Å². The van der Waals surface area contributed by atoms with Gasteiger partial charge < -0.3 is 4.57 Å². The molecule has 0 saturated heterocycles. The lowest BCUT2D eigenvalue weighted by molar-refractivity contribution is 0.0997. The second-order valence-corrected chi connectivity index (χ2v) is 8.53. The summed E-state index contributed by atoms with van der Waals surface area (Å²) in [6.07, 6.45) is 6.45. The van der Waals surface area contributed by atoms with Gasteiger partial charge in [0.15, 0.2) is 14.6 Å². The Morgan fingerprint density at radius 1 is 1.31 bits per heavy atom. The molecule has 0 aliphatic carbocycles. The molecule has 0 N–H and O–H groups in total. The average molecular weight is 388 g/mol. The van der Waals surface area contributed by atoms with Crippen LogP contribution in [-0.2, 0) is 16.4 Å². The number of halogens is 1. The van der Waals surface area contributed by atoms with Crippen LogP contribution >= 0.6 is 11.3 Å². The molecule has 0 unspecified atom stereocenters. The van der Waals surface area contributed by atoms with Crippen LogP contribution in [-0.4, -0.2) is 25.1 Å². The van der Waals surface area contributed by atoms with Gasteiger partial charge in [-0.15, -0.1) is 6.42 Å². The summed E-state index contributed by atoms with van der Waals surface area (Å²) in [5.74, 6) is 1.48. The van der Waals surface area contributed by atoms with E-state index in [0.717, 1.165) is 17.6 Å².